The highest BCUT2D eigenvalue weighted by molar-refractivity contribution is 5.76. The van der Waals surface area contributed by atoms with Crippen LogP contribution in [0.25, 0.3) is 22.6 Å². The van der Waals surface area contributed by atoms with E-state index in [1.165, 1.54) is 0 Å². The molecule has 0 unspecified atom stereocenters. The number of aromatic nitrogens is 1. The van der Waals surface area contributed by atoms with E-state index in [4.69, 9.17) is 14.2 Å². The molecule has 0 atom stereocenters. The Morgan fingerprint density at radius 2 is 1.41 bits per heavy atom. The van der Waals surface area contributed by atoms with Gasteiger partial charge in [-0.2, -0.15) is 0 Å². The monoisotopic (exact) mass is 382 g/mol. The summed E-state index contributed by atoms with van der Waals surface area (Å²) in [4.78, 5) is 10.2. The summed E-state index contributed by atoms with van der Waals surface area (Å²) in [5.74, 6) is 1.44. The molecule has 1 aromatic heterocycles. The maximum Gasteiger partial charge on any atom is 0.199 e. The van der Waals surface area contributed by atoms with Gasteiger partial charge in [-0.05, 0) is 5.56 Å². The van der Waals surface area contributed by atoms with E-state index in [9.17, 15) is 0 Å². The molecule has 144 valence electrons. The van der Waals surface area contributed by atoms with Crippen molar-refractivity contribution >= 4 is 0 Å². The topological polar surface area (TPSA) is 47.3 Å². The maximum atomic E-state index is 6.10. The van der Waals surface area contributed by atoms with Gasteiger partial charge in [-0.3, -0.25) is 10.3 Å². The zero-order valence-electron chi connectivity index (χ0n) is 16.0. The van der Waals surface area contributed by atoms with Gasteiger partial charge < -0.3 is 4.42 Å². The molecule has 1 heterocycles. The van der Waals surface area contributed by atoms with E-state index >= 15 is 0 Å². The first-order chi connectivity index (χ1) is 14.4. The van der Waals surface area contributed by atoms with Crippen LogP contribution in [0.15, 0.2) is 108 Å². The summed E-state index contributed by atoms with van der Waals surface area (Å²) in [6.45, 7) is 0.500. The third-order valence-electron chi connectivity index (χ3n) is 4.40. The van der Waals surface area contributed by atoms with Gasteiger partial charge in [-0.25, -0.2) is 4.98 Å². The van der Waals surface area contributed by atoms with Crippen molar-refractivity contribution in [1.29, 1.82) is 0 Å². The molecule has 0 fully saturated rings. The van der Waals surface area contributed by atoms with Gasteiger partial charge in [-0.15, -0.1) is 0 Å². The third kappa shape index (κ3) is 5.00. The van der Waals surface area contributed by atoms with Crippen LogP contribution in [0.4, 0.5) is 0 Å². The van der Waals surface area contributed by atoms with Crippen molar-refractivity contribution < 1.29 is 9.25 Å². The summed E-state index contributed by atoms with van der Waals surface area (Å²) in [6.07, 6.45) is 4.26. The molecule has 3 aromatic carbocycles. The van der Waals surface area contributed by atoms with Gasteiger partial charge in [0, 0.05) is 23.7 Å². The zero-order chi connectivity index (χ0) is 19.7. The summed E-state index contributed by atoms with van der Waals surface area (Å²) in [6, 6.07) is 30.2. The van der Waals surface area contributed by atoms with E-state index < -0.39 is 0 Å². The first-order valence-corrected chi connectivity index (χ1v) is 9.57. The van der Waals surface area contributed by atoms with E-state index in [-0.39, 0.29) is 0 Å². The summed E-state index contributed by atoms with van der Waals surface area (Å²) in [5.41, 5.74) is 6.86. The van der Waals surface area contributed by atoms with Crippen LogP contribution in [0.3, 0.4) is 0 Å². The predicted molar refractivity (Wildman–Crippen MR) is 115 cm³/mol. The van der Waals surface area contributed by atoms with E-state index in [1.54, 1.807) is 6.20 Å². The van der Waals surface area contributed by atoms with E-state index in [2.05, 4.69) is 5.48 Å². The lowest BCUT2D eigenvalue weighted by Gasteiger charge is -2.02. The van der Waals surface area contributed by atoms with Gasteiger partial charge in [0.15, 0.2) is 11.7 Å². The third-order valence-corrected chi connectivity index (χ3v) is 4.40. The molecule has 0 bridgehead atoms. The Morgan fingerprint density at radius 1 is 0.793 bits per heavy atom. The van der Waals surface area contributed by atoms with Crippen LogP contribution in [0.5, 0.6) is 0 Å². The Balaban J connectivity index is 1.43. The lowest BCUT2D eigenvalue weighted by Crippen LogP contribution is -2.06. The summed E-state index contributed by atoms with van der Waals surface area (Å²) < 4.78 is 6.10. The van der Waals surface area contributed by atoms with Crippen molar-refractivity contribution in [2.24, 2.45) is 0 Å². The van der Waals surface area contributed by atoms with Gasteiger partial charge in [0.25, 0.3) is 0 Å². The van der Waals surface area contributed by atoms with Crippen LogP contribution in [-0.4, -0.2) is 4.98 Å². The highest BCUT2D eigenvalue weighted by Crippen LogP contribution is 2.32. The fourth-order valence-corrected chi connectivity index (χ4v) is 2.98. The Morgan fingerprint density at radius 3 is 2.10 bits per heavy atom. The van der Waals surface area contributed by atoms with Gasteiger partial charge in [0.1, 0.15) is 5.69 Å². The van der Waals surface area contributed by atoms with E-state index in [0.717, 1.165) is 28.1 Å². The van der Waals surface area contributed by atoms with Crippen LogP contribution < -0.4 is 5.48 Å². The highest BCUT2D eigenvalue weighted by atomic mass is 16.6. The van der Waals surface area contributed by atoms with Crippen molar-refractivity contribution in [3.05, 3.63) is 115 Å². The molecule has 0 amide bonds. The normalized spacial score (nSPS) is 11.0. The van der Waals surface area contributed by atoms with Gasteiger partial charge >= 0.3 is 0 Å². The van der Waals surface area contributed by atoms with Crippen LogP contribution in [0, 0.1) is 0 Å². The number of allylic oxidation sites excluding steroid dienone is 1. The number of nitrogens with zero attached hydrogens (tertiary/aromatic N) is 1. The average Bonchev–Trinajstić information content (AvgIpc) is 3.22. The minimum Gasteiger partial charge on any atom is -0.440 e. The number of oxazole rings is 1. The number of rotatable bonds is 8. The van der Waals surface area contributed by atoms with Crippen molar-refractivity contribution in [3.63, 3.8) is 0 Å². The second kappa shape index (κ2) is 9.53. The van der Waals surface area contributed by atoms with Crippen LogP contribution >= 0.6 is 0 Å². The first-order valence-electron chi connectivity index (χ1n) is 9.57. The Labute approximate surface area is 170 Å². The van der Waals surface area contributed by atoms with Gasteiger partial charge in [0.05, 0.1) is 6.61 Å². The predicted octanol–water partition coefficient (Wildman–Crippen LogP) is 5.79. The molecule has 0 radical (unpaired) electrons. The number of hydrogen-bond acceptors (Lipinski definition) is 4. The molecule has 4 nitrogen and oxygen atoms in total. The van der Waals surface area contributed by atoms with E-state index in [1.807, 2.05) is 97.1 Å². The largest absolute Gasteiger partial charge is 0.440 e. The molecule has 29 heavy (non-hydrogen) atoms. The lowest BCUT2D eigenvalue weighted by atomic mass is 10.1. The van der Waals surface area contributed by atoms with Crippen molar-refractivity contribution in [1.82, 2.24) is 10.5 Å². The summed E-state index contributed by atoms with van der Waals surface area (Å²) in [7, 11) is 0. The average molecular weight is 382 g/mol. The number of benzene rings is 3. The smallest absolute Gasteiger partial charge is 0.199 e. The molecule has 0 saturated heterocycles. The SMILES string of the molecule is C(=C\NOCc1ccccc1)/Cc1nc(-c2ccccc2)c(-c2ccccc2)o1. The number of hydrogen-bond donors (Lipinski definition) is 1. The fraction of sp³-hybridized carbons (Fsp3) is 0.0800. The minimum atomic E-state index is 0.500. The van der Waals surface area contributed by atoms with Crippen molar-refractivity contribution in [2.45, 2.75) is 13.0 Å². The molecular formula is C25H22N2O2. The Hall–Kier alpha value is -3.63. The fourth-order valence-electron chi connectivity index (χ4n) is 2.98. The molecular weight excluding hydrogens is 360 g/mol. The quantitative estimate of drug-likeness (QED) is 0.310. The molecule has 4 heteroatoms. The maximum absolute atomic E-state index is 6.10. The Bertz CT molecular complexity index is 985. The molecule has 4 rings (SSSR count). The molecule has 0 aliphatic carbocycles. The van der Waals surface area contributed by atoms with Crippen molar-refractivity contribution in [3.8, 4) is 22.6 Å². The molecule has 0 aliphatic heterocycles. The minimum absolute atomic E-state index is 0.500. The lowest BCUT2D eigenvalue weighted by molar-refractivity contribution is 0.0574. The number of hydroxylamine groups is 1. The molecule has 1 N–H and O–H groups in total. The Kier molecular flexibility index (Phi) is 6.15. The first kappa shape index (κ1) is 18.7. The second-order valence-corrected chi connectivity index (χ2v) is 6.52. The standard InChI is InChI=1S/C25H22N2O2/c1-4-11-20(12-5-1)19-28-26-18-10-17-23-27-24(21-13-6-2-7-14-21)25(29-23)22-15-8-3-9-16-22/h1-16,18,26H,17,19H2/b18-10+. The van der Waals surface area contributed by atoms with Crippen LogP contribution in [-0.2, 0) is 17.9 Å². The molecule has 0 saturated carbocycles. The van der Waals surface area contributed by atoms with Gasteiger partial charge in [-0.1, -0.05) is 97.1 Å². The van der Waals surface area contributed by atoms with Crippen LogP contribution in [0.2, 0.25) is 0 Å². The van der Waals surface area contributed by atoms with Crippen molar-refractivity contribution in [2.75, 3.05) is 0 Å². The molecule has 4 aromatic rings. The summed E-state index contributed by atoms with van der Waals surface area (Å²) >= 11 is 0. The van der Waals surface area contributed by atoms with E-state index in [0.29, 0.717) is 18.9 Å². The molecule has 0 aliphatic rings. The van der Waals surface area contributed by atoms with Crippen LogP contribution in [0.1, 0.15) is 11.5 Å². The zero-order valence-corrected chi connectivity index (χ0v) is 16.0. The molecule has 0 spiro atoms. The second-order valence-electron chi connectivity index (χ2n) is 6.52. The summed E-state index contributed by atoms with van der Waals surface area (Å²) in [5, 5.41) is 0. The number of nitrogens with one attached hydrogen (secondary N) is 1. The highest BCUT2D eigenvalue weighted by Gasteiger charge is 2.15. The van der Waals surface area contributed by atoms with Gasteiger partial charge in [0.2, 0.25) is 0 Å².